The van der Waals surface area contributed by atoms with Gasteiger partial charge in [0.1, 0.15) is 6.61 Å². The number of anilines is 1. The number of hydrogen-bond donors (Lipinski definition) is 2. The lowest BCUT2D eigenvalue weighted by Gasteiger charge is -2.11. The van der Waals surface area contributed by atoms with Crippen LogP contribution in [-0.2, 0) is 9.53 Å². The highest BCUT2D eigenvalue weighted by atomic mass is 16.5. The highest BCUT2D eigenvalue weighted by molar-refractivity contribution is 5.92. The van der Waals surface area contributed by atoms with Crippen LogP contribution >= 0.6 is 0 Å². The number of nitrogens with one attached hydrogen (secondary N) is 2. The van der Waals surface area contributed by atoms with E-state index in [0.717, 1.165) is 47.2 Å². The van der Waals surface area contributed by atoms with Crippen molar-refractivity contribution in [2.75, 3.05) is 31.6 Å². The van der Waals surface area contributed by atoms with Crippen LogP contribution in [0.4, 0.5) is 5.69 Å². The first kappa shape index (κ1) is 21.5. The number of hydrogen-bond acceptors (Lipinski definition) is 4. The molecule has 0 saturated heterocycles. The number of nitrogens with zero attached hydrogens (tertiary/aromatic N) is 1. The van der Waals surface area contributed by atoms with Crippen molar-refractivity contribution in [3.8, 4) is 0 Å². The zero-order valence-corrected chi connectivity index (χ0v) is 17.4. The minimum absolute atomic E-state index is 0.0558. The number of benzene rings is 2. The summed E-state index contributed by atoms with van der Waals surface area (Å²) in [5, 5.41) is 7.52. The van der Waals surface area contributed by atoms with E-state index < -0.39 is 0 Å². The molecule has 0 spiro atoms. The molecule has 0 aliphatic heterocycles. The second kappa shape index (κ2) is 11.7. The van der Waals surface area contributed by atoms with E-state index in [1.807, 2.05) is 49.4 Å². The molecular weight excluding hydrogens is 374 g/mol. The number of ether oxygens (including phenoxy) is 1. The number of carbonyl (C=O) groups excluding carboxylic acids is 1. The Morgan fingerprint density at radius 2 is 1.77 bits per heavy atom. The first-order valence-corrected chi connectivity index (χ1v) is 10.5. The largest absolute Gasteiger partial charge is 0.384 e. The molecule has 1 heterocycles. The molecule has 2 aromatic carbocycles. The number of fused-ring (bicyclic) bond motifs is 1. The Bertz CT molecular complexity index is 971. The van der Waals surface area contributed by atoms with Crippen LogP contribution in [0, 0.1) is 0 Å². The van der Waals surface area contributed by atoms with E-state index in [1.54, 1.807) is 0 Å². The van der Waals surface area contributed by atoms with Crippen LogP contribution in [0.15, 0.2) is 60.7 Å². The summed E-state index contributed by atoms with van der Waals surface area (Å²) in [6.45, 7) is 4.06. The number of para-hydroxylation sites is 1. The Labute approximate surface area is 178 Å². The second-order valence-electron chi connectivity index (χ2n) is 6.98. The molecule has 5 heteroatoms. The molecule has 5 nitrogen and oxygen atoms in total. The first-order chi connectivity index (χ1) is 14.8. The Kier molecular flexibility index (Phi) is 8.42. The molecule has 0 saturated carbocycles. The fourth-order valence-corrected chi connectivity index (χ4v) is 3.12. The van der Waals surface area contributed by atoms with E-state index in [9.17, 15) is 4.79 Å². The molecule has 0 atom stereocenters. The zero-order valence-electron chi connectivity index (χ0n) is 17.4. The number of aromatic nitrogens is 1. The van der Waals surface area contributed by atoms with Crippen molar-refractivity contribution >= 4 is 34.6 Å². The van der Waals surface area contributed by atoms with Gasteiger partial charge in [-0.2, -0.15) is 0 Å². The molecule has 1 amide bonds. The average molecular weight is 404 g/mol. The molecule has 0 radical (unpaired) electrons. The number of carbonyl (C=O) groups is 1. The van der Waals surface area contributed by atoms with Gasteiger partial charge in [-0.15, -0.1) is 0 Å². The molecule has 0 fully saturated rings. The van der Waals surface area contributed by atoms with Gasteiger partial charge in [-0.3, -0.25) is 4.79 Å². The van der Waals surface area contributed by atoms with E-state index in [4.69, 9.17) is 9.72 Å². The fourth-order valence-electron chi connectivity index (χ4n) is 3.12. The van der Waals surface area contributed by atoms with Crippen molar-refractivity contribution in [3.05, 3.63) is 71.9 Å². The van der Waals surface area contributed by atoms with Crippen molar-refractivity contribution in [1.82, 2.24) is 10.3 Å². The summed E-state index contributed by atoms with van der Waals surface area (Å²) in [4.78, 5) is 16.3. The molecule has 2 N–H and O–H groups in total. The van der Waals surface area contributed by atoms with Gasteiger partial charge < -0.3 is 15.4 Å². The van der Waals surface area contributed by atoms with Gasteiger partial charge in [0.2, 0.25) is 5.91 Å². The monoisotopic (exact) mass is 403 g/mol. The van der Waals surface area contributed by atoms with Crippen molar-refractivity contribution in [2.45, 2.75) is 19.8 Å². The van der Waals surface area contributed by atoms with E-state index in [1.165, 1.54) is 0 Å². The third-order valence-electron chi connectivity index (χ3n) is 4.66. The van der Waals surface area contributed by atoms with Crippen molar-refractivity contribution in [3.63, 3.8) is 0 Å². The van der Waals surface area contributed by atoms with Crippen LogP contribution < -0.4 is 10.6 Å². The standard InChI is InChI=1S/C25H29N3O2/c1-2-30-19-25(29)27-17-9-8-16-26-24-18-21(15-14-20-10-4-3-5-11-20)28-23-13-7-6-12-22(23)24/h3-7,10-15,18H,2,8-9,16-17,19H2,1H3,(H,26,28)(H,27,29)/b15-14+. The summed E-state index contributed by atoms with van der Waals surface area (Å²) in [5.74, 6) is -0.0558. The highest BCUT2D eigenvalue weighted by Gasteiger charge is 2.04. The molecule has 156 valence electrons. The summed E-state index contributed by atoms with van der Waals surface area (Å²) in [7, 11) is 0. The predicted octanol–water partition coefficient (Wildman–Crippen LogP) is 4.75. The van der Waals surface area contributed by atoms with Crippen LogP contribution in [0.2, 0.25) is 0 Å². The van der Waals surface area contributed by atoms with Crippen LogP contribution in [0.1, 0.15) is 31.0 Å². The third-order valence-corrected chi connectivity index (χ3v) is 4.66. The summed E-state index contributed by atoms with van der Waals surface area (Å²) in [6.07, 6.45) is 5.99. The second-order valence-corrected chi connectivity index (χ2v) is 6.98. The molecule has 0 bridgehead atoms. The maximum atomic E-state index is 11.5. The van der Waals surface area contributed by atoms with Gasteiger partial charge >= 0.3 is 0 Å². The van der Waals surface area contributed by atoms with Crippen LogP contribution in [-0.4, -0.2) is 37.2 Å². The summed E-state index contributed by atoms with van der Waals surface area (Å²) in [5.41, 5.74) is 4.11. The fraction of sp³-hybridized carbons (Fsp3) is 0.280. The predicted molar refractivity (Wildman–Crippen MR) is 124 cm³/mol. The average Bonchev–Trinajstić information content (AvgIpc) is 2.79. The van der Waals surface area contributed by atoms with E-state index in [0.29, 0.717) is 13.2 Å². The number of amides is 1. The summed E-state index contributed by atoms with van der Waals surface area (Å²) >= 11 is 0. The summed E-state index contributed by atoms with van der Waals surface area (Å²) in [6, 6.07) is 20.5. The Hall–Kier alpha value is -3.18. The molecule has 3 rings (SSSR count). The topological polar surface area (TPSA) is 63.2 Å². The van der Waals surface area contributed by atoms with Gasteiger partial charge in [0.15, 0.2) is 0 Å². The minimum Gasteiger partial charge on any atom is -0.384 e. The zero-order chi connectivity index (χ0) is 21.0. The lowest BCUT2D eigenvalue weighted by Crippen LogP contribution is -2.28. The summed E-state index contributed by atoms with van der Waals surface area (Å²) < 4.78 is 5.10. The van der Waals surface area contributed by atoms with E-state index in [2.05, 4.69) is 41.0 Å². The molecule has 0 unspecified atom stereocenters. The van der Waals surface area contributed by atoms with Gasteiger partial charge in [-0.25, -0.2) is 4.98 Å². The molecule has 0 aliphatic carbocycles. The lowest BCUT2D eigenvalue weighted by atomic mass is 10.1. The normalized spacial score (nSPS) is 11.1. The molecule has 1 aromatic heterocycles. The van der Waals surface area contributed by atoms with Gasteiger partial charge in [0.25, 0.3) is 0 Å². The van der Waals surface area contributed by atoms with E-state index >= 15 is 0 Å². The van der Waals surface area contributed by atoms with Crippen molar-refractivity contribution in [2.24, 2.45) is 0 Å². The van der Waals surface area contributed by atoms with Crippen molar-refractivity contribution < 1.29 is 9.53 Å². The number of pyridine rings is 1. The SMILES string of the molecule is CCOCC(=O)NCCCCNc1cc(/C=C/c2ccccc2)nc2ccccc12. The maximum Gasteiger partial charge on any atom is 0.245 e. The Morgan fingerprint density at radius 1 is 1.00 bits per heavy atom. The molecule has 30 heavy (non-hydrogen) atoms. The molecule has 0 aliphatic rings. The quantitative estimate of drug-likeness (QED) is 0.454. The van der Waals surface area contributed by atoms with Gasteiger partial charge in [0, 0.05) is 30.8 Å². The maximum absolute atomic E-state index is 11.5. The minimum atomic E-state index is -0.0558. The van der Waals surface area contributed by atoms with Crippen LogP contribution in [0.3, 0.4) is 0 Å². The van der Waals surface area contributed by atoms with Gasteiger partial charge in [0.05, 0.1) is 11.2 Å². The molecule has 3 aromatic rings. The van der Waals surface area contributed by atoms with Gasteiger partial charge in [-0.05, 0) is 43.5 Å². The van der Waals surface area contributed by atoms with Crippen LogP contribution in [0.5, 0.6) is 0 Å². The lowest BCUT2D eigenvalue weighted by molar-refractivity contribution is -0.125. The van der Waals surface area contributed by atoms with Crippen molar-refractivity contribution in [1.29, 1.82) is 0 Å². The highest BCUT2D eigenvalue weighted by Crippen LogP contribution is 2.24. The Morgan fingerprint density at radius 3 is 2.60 bits per heavy atom. The Balaban J connectivity index is 1.58. The third kappa shape index (κ3) is 6.71. The van der Waals surface area contributed by atoms with E-state index in [-0.39, 0.29) is 12.5 Å². The number of unbranched alkanes of at least 4 members (excludes halogenated alkanes) is 1. The number of rotatable bonds is 11. The smallest absolute Gasteiger partial charge is 0.245 e. The van der Waals surface area contributed by atoms with Crippen LogP contribution in [0.25, 0.3) is 23.1 Å². The molecular formula is C25H29N3O2. The first-order valence-electron chi connectivity index (χ1n) is 10.5. The van der Waals surface area contributed by atoms with Gasteiger partial charge in [-0.1, -0.05) is 54.6 Å².